The van der Waals surface area contributed by atoms with Gasteiger partial charge >= 0.3 is 0 Å². The molecule has 1 N–H and O–H groups in total. The fourth-order valence-electron chi connectivity index (χ4n) is 1.64. The van der Waals surface area contributed by atoms with Crippen LogP contribution in [0.2, 0.25) is 0 Å². The SMILES string of the molecule is CNC(C)(C)c1nc(-c2cc(OC)cc(OC)c2)no1. The number of ether oxygens (including phenoxy) is 2. The molecular weight excluding hydrogens is 258 g/mol. The van der Waals surface area contributed by atoms with Gasteiger partial charge in [0, 0.05) is 11.6 Å². The minimum absolute atomic E-state index is 0.381. The Bertz CT molecular complexity index is 571. The lowest BCUT2D eigenvalue weighted by molar-refractivity contribution is 0.281. The highest BCUT2D eigenvalue weighted by atomic mass is 16.5. The van der Waals surface area contributed by atoms with Crippen molar-refractivity contribution < 1.29 is 14.0 Å². The van der Waals surface area contributed by atoms with Crippen LogP contribution in [0.5, 0.6) is 11.5 Å². The summed E-state index contributed by atoms with van der Waals surface area (Å²) in [7, 11) is 5.05. The van der Waals surface area contributed by atoms with Gasteiger partial charge in [-0.25, -0.2) is 0 Å². The van der Waals surface area contributed by atoms with E-state index in [0.29, 0.717) is 23.2 Å². The summed E-state index contributed by atoms with van der Waals surface area (Å²) < 4.78 is 15.8. The van der Waals surface area contributed by atoms with Gasteiger partial charge in [-0.3, -0.25) is 0 Å². The van der Waals surface area contributed by atoms with Crippen LogP contribution >= 0.6 is 0 Å². The molecule has 6 heteroatoms. The van der Waals surface area contributed by atoms with Crippen LogP contribution in [-0.4, -0.2) is 31.4 Å². The number of hydrogen-bond acceptors (Lipinski definition) is 6. The summed E-state index contributed by atoms with van der Waals surface area (Å²) in [6.45, 7) is 3.94. The van der Waals surface area contributed by atoms with Crippen molar-refractivity contribution in [3.8, 4) is 22.9 Å². The van der Waals surface area contributed by atoms with Gasteiger partial charge in [0.2, 0.25) is 11.7 Å². The molecule has 108 valence electrons. The van der Waals surface area contributed by atoms with Gasteiger partial charge in [-0.15, -0.1) is 0 Å². The van der Waals surface area contributed by atoms with Crippen molar-refractivity contribution in [2.75, 3.05) is 21.3 Å². The van der Waals surface area contributed by atoms with E-state index in [-0.39, 0.29) is 5.54 Å². The largest absolute Gasteiger partial charge is 0.497 e. The van der Waals surface area contributed by atoms with E-state index >= 15 is 0 Å². The topological polar surface area (TPSA) is 69.4 Å². The zero-order valence-corrected chi connectivity index (χ0v) is 12.4. The predicted octanol–water partition coefficient (Wildman–Crippen LogP) is 2.21. The van der Waals surface area contributed by atoms with Crippen LogP contribution in [-0.2, 0) is 5.54 Å². The highest BCUT2D eigenvalue weighted by Crippen LogP contribution is 2.29. The van der Waals surface area contributed by atoms with E-state index in [9.17, 15) is 0 Å². The standard InChI is InChI=1S/C14H19N3O3/c1-14(2,15-3)13-16-12(17-20-13)9-6-10(18-4)8-11(7-9)19-5/h6-8,15H,1-5H3. The molecule has 0 aliphatic heterocycles. The molecule has 0 bridgehead atoms. The summed E-state index contributed by atoms with van der Waals surface area (Å²) in [5.74, 6) is 2.38. The Labute approximate surface area is 118 Å². The monoisotopic (exact) mass is 277 g/mol. The Morgan fingerprint density at radius 2 is 1.70 bits per heavy atom. The molecule has 0 saturated carbocycles. The summed E-state index contributed by atoms with van der Waals surface area (Å²) in [6.07, 6.45) is 0. The number of nitrogens with zero attached hydrogens (tertiary/aromatic N) is 2. The number of nitrogens with one attached hydrogen (secondary N) is 1. The van der Waals surface area contributed by atoms with E-state index < -0.39 is 0 Å². The summed E-state index contributed by atoms with van der Waals surface area (Å²) in [5, 5.41) is 7.14. The first-order valence-electron chi connectivity index (χ1n) is 6.26. The predicted molar refractivity (Wildman–Crippen MR) is 74.9 cm³/mol. The van der Waals surface area contributed by atoms with Gasteiger partial charge in [-0.2, -0.15) is 4.98 Å². The van der Waals surface area contributed by atoms with Crippen LogP contribution in [0.1, 0.15) is 19.7 Å². The van der Waals surface area contributed by atoms with Crippen LogP contribution in [0.4, 0.5) is 0 Å². The smallest absolute Gasteiger partial charge is 0.246 e. The molecule has 0 amide bonds. The fourth-order valence-corrected chi connectivity index (χ4v) is 1.64. The number of rotatable bonds is 5. The summed E-state index contributed by atoms with van der Waals surface area (Å²) in [5.41, 5.74) is 0.400. The molecule has 1 aromatic heterocycles. The number of methoxy groups -OCH3 is 2. The molecule has 0 spiro atoms. The van der Waals surface area contributed by atoms with Gasteiger partial charge in [0.1, 0.15) is 11.5 Å². The molecule has 20 heavy (non-hydrogen) atoms. The molecule has 1 heterocycles. The van der Waals surface area contributed by atoms with Crippen LogP contribution < -0.4 is 14.8 Å². The first kappa shape index (κ1) is 14.3. The third kappa shape index (κ3) is 2.75. The third-order valence-corrected chi connectivity index (χ3v) is 3.20. The first-order chi connectivity index (χ1) is 9.50. The van der Waals surface area contributed by atoms with Crippen molar-refractivity contribution in [2.24, 2.45) is 0 Å². The lowest BCUT2D eigenvalue weighted by Gasteiger charge is -2.17. The molecule has 0 fully saturated rings. The summed E-state index contributed by atoms with van der Waals surface area (Å²) in [6, 6.07) is 5.47. The molecule has 0 radical (unpaired) electrons. The van der Waals surface area contributed by atoms with Crippen LogP contribution in [0, 0.1) is 0 Å². The lowest BCUT2D eigenvalue weighted by atomic mass is 10.1. The van der Waals surface area contributed by atoms with Crippen molar-refractivity contribution in [1.29, 1.82) is 0 Å². The fraction of sp³-hybridized carbons (Fsp3) is 0.429. The first-order valence-corrected chi connectivity index (χ1v) is 6.26. The second-order valence-electron chi connectivity index (χ2n) is 4.90. The van der Waals surface area contributed by atoms with Gasteiger partial charge in [0.15, 0.2) is 0 Å². The second-order valence-corrected chi connectivity index (χ2v) is 4.90. The third-order valence-electron chi connectivity index (χ3n) is 3.20. The minimum Gasteiger partial charge on any atom is -0.497 e. The van der Waals surface area contributed by atoms with Gasteiger partial charge in [0.05, 0.1) is 19.8 Å². The zero-order valence-electron chi connectivity index (χ0n) is 12.4. The van der Waals surface area contributed by atoms with Crippen molar-refractivity contribution in [2.45, 2.75) is 19.4 Å². The summed E-state index contributed by atoms with van der Waals surface area (Å²) >= 11 is 0. The van der Waals surface area contributed by atoms with E-state index in [1.807, 2.05) is 33.0 Å². The van der Waals surface area contributed by atoms with E-state index in [4.69, 9.17) is 14.0 Å². The van der Waals surface area contributed by atoms with Gasteiger partial charge in [-0.1, -0.05) is 5.16 Å². The van der Waals surface area contributed by atoms with E-state index in [1.54, 1.807) is 20.3 Å². The molecule has 1 aromatic carbocycles. The van der Waals surface area contributed by atoms with Gasteiger partial charge < -0.3 is 19.3 Å². The van der Waals surface area contributed by atoms with E-state index in [1.165, 1.54) is 0 Å². The van der Waals surface area contributed by atoms with Gasteiger partial charge in [0.25, 0.3) is 0 Å². The quantitative estimate of drug-likeness (QED) is 0.903. The molecule has 0 aliphatic carbocycles. The maximum absolute atomic E-state index is 5.32. The lowest BCUT2D eigenvalue weighted by Crippen LogP contribution is -2.33. The Morgan fingerprint density at radius 1 is 1.10 bits per heavy atom. The molecule has 0 aliphatic rings. The Hall–Kier alpha value is -2.08. The van der Waals surface area contributed by atoms with Crippen molar-refractivity contribution in [3.63, 3.8) is 0 Å². The summed E-state index contributed by atoms with van der Waals surface area (Å²) in [4.78, 5) is 4.42. The highest BCUT2D eigenvalue weighted by molar-refractivity contribution is 5.60. The molecule has 2 rings (SSSR count). The highest BCUT2D eigenvalue weighted by Gasteiger charge is 2.25. The van der Waals surface area contributed by atoms with Crippen molar-refractivity contribution >= 4 is 0 Å². The number of benzene rings is 1. The molecule has 6 nitrogen and oxygen atoms in total. The molecular formula is C14H19N3O3. The average molecular weight is 277 g/mol. The Morgan fingerprint density at radius 3 is 2.20 bits per heavy atom. The van der Waals surface area contributed by atoms with Crippen LogP contribution in [0.3, 0.4) is 0 Å². The number of hydrogen-bond donors (Lipinski definition) is 1. The molecule has 0 unspecified atom stereocenters. The maximum atomic E-state index is 5.32. The van der Waals surface area contributed by atoms with Gasteiger partial charge in [-0.05, 0) is 33.0 Å². The normalized spacial score (nSPS) is 11.4. The van der Waals surface area contributed by atoms with Crippen LogP contribution in [0.15, 0.2) is 22.7 Å². The van der Waals surface area contributed by atoms with E-state index in [0.717, 1.165) is 5.56 Å². The zero-order chi connectivity index (χ0) is 14.8. The molecule has 0 atom stereocenters. The number of aromatic nitrogens is 2. The Kier molecular flexibility index (Phi) is 3.94. The van der Waals surface area contributed by atoms with Crippen molar-refractivity contribution in [3.05, 3.63) is 24.1 Å². The molecule has 2 aromatic rings. The minimum atomic E-state index is -0.381. The average Bonchev–Trinajstić information content (AvgIpc) is 2.97. The van der Waals surface area contributed by atoms with E-state index in [2.05, 4.69) is 15.5 Å². The second kappa shape index (κ2) is 5.50. The maximum Gasteiger partial charge on any atom is 0.246 e. The molecule has 0 saturated heterocycles. The Balaban J connectivity index is 2.42. The van der Waals surface area contributed by atoms with Crippen molar-refractivity contribution in [1.82, 2.24) is 15.5 Å². The van der Waals surface area contributed by atoms with Crippen LogP contribution in [0.25, 0.3) is 11.4 Å².